The number of halogens is 2. The highest BCUT2D eigenvalue weighted by atomic mass is 35.5. The molecule has 150 valence electrons. The number of benzene rings is 1. The molecule has 1 N–H and O–H groups in total. The molecule has 0 radical (unpaired) electrons. The number of carbonyl (C=O) groups excluding carboxylic acids is 1. The summed E-state index contributed by atoms with van der Waals surface area (Å²) in [6.07, 6.45) is 3.69. The molecule has 1 aromatic carbocycles. The van der Waals surface area contributed by atoms with Crippen LogP contribution in [0.4, 0.5) is 0 Å². The molecule has 3 aromatic rings. The molecular weight excluding hydrogens is 417 g/mol. The highest BCUT2D eigenvalue weighted by Gasteiger charge is 2.32. The van der Waals surface area contributed by atoms with Crippen LogP contribution in [0.25, 0.3) is 10.6 Å². The molecule has 6 nitrogen and oxygen atoms in total. The number of amides is 1. The number of carbonyl (C=O) groups is 1. The van der Waals surface area contributed by atoms with E-state index in [1.165, 1.54) is 11.3 Å². The van der Waals surface area contributed by atoms with Crippen LogP contribution in [0, 0.1) is 6.92 Å². The molecule has 3 heterocycles. The first-order chi connectivity index (χ1) is 12.6. The summed E-state index contributed by atoms with van der Waals surface area (Å²) in [6, 6.07) is 9.93. The average Bonchev–Trinajstić information content (AvgIpc) is 3.27. The van der Waals surface area contributed by atoms with Crippen molar-refractivity contribution in [2.45, 2.75) is 13.0 Å². The van der Waals surface area contributed by atoms with Gasteiger partial charge in [-0.15, -0.1) is 36.2 Å². The number of thiazole rings is 1. The molecule has 2 aromatic heterocycles. The monoisotopic (exact) mass is 439 g/mol. The maximum Gasteiger partial charge on any atom is 0.266 e. The SMILES string of the molecule is Cc1nc(-c2ccccc2)sc1C(=O)N1CCNCC1c1nccn1C.Cl.Cl. The van der Waals surface area contributed by atoms with E-state index < -0.39 is 0 Å². The van der Waals surface area contributed by atoms with Gasteiger partial charge in [0.1, 0.15) is 21.8 Å². The van der Waals surface area contributed by atoms with Gasteiger partial charge in [0, 0.05) is 44.6 Å². The minimum absolute atomic E-state index is 0. The molecule has 9 heteroatoms. The predicted molar refractivity (Wildman–Crippen MR) is 117 cm³/mol. The van der Waals surface area contributed by atoms with Gasteiger partial charge in [-0.1, -0.05) is 30.3 Å². The normalized spacial score (nSPS) is 16.2. The molecule has 1 aliphatic rings. The van der Waals surface area contributed by atoms with E-state index in [0.717, 1.165) is 28.6 Å². The van der Waals surface area contributed by atoms with Gasteiger partial charge in [-0.2, -0.15) is 0 Å². The van der Waals surface area contributed by atoms with E-state index in [2.05, 4.69) is 15.3 Å². The van der Waals surface area contributed by atoms with Gasteiger partial charge >= 0.3 is 0 Å². The van der Waals surface area contributed by atoms with Crippen molar-refractivity contribution in [3.8, 4) is 10.6 Å². The highest BCUT2D eigenvalue weighted by molar-refractivity contribution is 7.17. The molecule has 0 bridgehead atoms. The Morgan fingerprint density at radius 3 is 2.68 bits per heavy atom. The van der Waals surface area contributed by atoms with Crippen molar-refractivity contribution in [2.24, 2.45) is 7.05 Å². The zero-order chi connectivity index (χ0) is 18.1. The summed E-state index contributed by atoms with van der Waals surface area (Å²) in [5, 5.41) is 4.26. The minimum atomic E-state index is -0.0714. The number of hydrogen-bond acceptors (Lipinski definition) is 5. The number of nitrogens with one attached hydrogen (secondary N) is 1. The second-order valence-electron chi connectivity index (χ2n) is 6.41. The molecule has 0 aliphatic carbocycles. The third-order valence-corrected chi connectivity index (χ3v) is 5.87. The van der Waals surface area contributed by atoms with Crippen LogP contribution in [-0.2, 0) is 7.05 Å². The highest BCUT2D eigenvalue weighted by Crippen LogP contribution is 2.31. The van der Waals surface area contributed by atoms with E-state index in [9.17, 15) is 4.79 Å². The molecule has 0 spiro atoms. The standard InChI is InChI=1S/C19H21N5OS.2ClH/c1-13-16(26-18(22-13)14-6-4-3-5-7-14)19(25)24-11-8-20-12-15(24)17-21-9-10-23(17)2;;/h3-7,9-10,15,20H,8,11-12H2,1-2H3;2*1H. The summed E-state index contributed by atoms with van der Waals surface area (Å²) in [5.41, 5.74) is 1.83. The van der Waals surface area contributed by atoms with E-state index in [1.807, 2.05) is 60.0 Å². The van der Waals surface area contributed by atoms with Crippen molar-refractivity contribution in [3.05, 3.63) is 59.1 Å². The first kappa shape index (κ1) is 22.4. The fourth-order valence-electron chi connectivity index (χ4n) is 3.31. The van der Waals surface area contributed by atoms with E-state index >= 15 is 0 Å². The van der Waals surface area contributed by atoms with Crippen molar-refractivity contribution in [1.82, 2.24) is 24.8 Å². The Morgan fingerprint density at radius 2 is 2.00 bits per heavy atom. The molecule has 1 amide bonds. The van der Waals surface area contributed by atoms with Crippen molar-refractivity contribution in [2.75, 3.05) is 19.6 Å². The Hall–Kier alpha value is -1.93. The van der Waals surface area contributed by atoms with Crippen molar-refractivity contribution >= 4 is 42.1 Å². The zero-order valence-corrected chi connectivity index (χ0v) is 18.1. The van der Waals surface area contributed by atoms with E-state index in [0.29, 0.717) is 18.0 Å². The molecule has 1 unspecified atom stereocenters. The summed E-state index contributed by atoms with van der Waals surface area (Å²) in [6.45, 7) is 4.07. The van der Waals surface area contributed by atoms with Crippen LogP contribution < -0.4 is 5.32 Å². The van der Waals surface area contributed by atoms with Crippen LogP contribution in [-0.4, -0.2) is 45.0 Å². The van der Waals surface area contributed by atoms with Crippen LogP contribution in [0.5, 0.6) is 0 Å². The van der Waals surface area contributed by atoms with Crippen molar-refractivity contribution in [1.29, 1.82) is 0 Å². The Balaban J connectivity index is 0.00000140. The van der Waals surface area contributed by atoms with Crippen molar-refractivity contribution in [3.63, 3.8) is 0 Å². The van der Waals surface area contributed by atoms with Crippen molar-refractivity contribution < 1.29 is 4.79 Å². The lowest BCUT2D eigenvalue weighted by molar-refractivity contribution is 0.0625. The number of rotatable bonds is 3. The number of imidazole rings is 1. The molecule has 1 atom stereocenters. The van der Waals surface area contributed by atoms with Crippen LogP contribution in [0.2, 0.25) is 0 Å². The maximum absolute atomic E-state index is 13.3. The predicted octanol–water partition coefficient (Wildman–Crippen LogP) is 3.48. The number of aromatic nitrogens is 3. The summed E-state index contributed by atoms with van der Waals surface area (Å²) >= 11 is 1.47. The molecule has 1 fully saturated rings. The lowest BCUT2D eigenvalue weighted by Crippen LogP contribution is -2.49. The third kappa shape index (κ3) is 4.22. The van der Waals surface area contributed by atoms with Crippen LogP contribution >= 0.6 is 36.2 Å². The summed E-state index contributed by atoms with van der Waals surface area (Å²) in [4.78, 5) is 25.0. The Kier molecular flexibility index (Phi) is 7.60. The maximum atomic E-state index is 13.3. The molecule has 28 heavy (non-hydrogen) atoms. The van der Waals surface area contributed by atoms with Gasteiger partial charge in [-0.3, -0.25) is 4.79 Å². The average molecular weight is 440 g/mol. The largest absolute Gasteiger partial charge is 0.336 e. The fraction of sp³-hybridized carbons (Fsp3) is 0.316. The molecule has 4 rings (SSSR count). The summed E-state index contributed by atoms with van der Waals surface area (Å²) in [5.74, 6) is 0.938. The first-order valence-electron chi connectivity index (χ1n) is 8.67. The second-order valence-corrected chi connectivity index (χ2v) is 7.41. The second kappa shape index (κ2) is 9.52. The minimum Gasteiger partial charge on any atom is -0.336 e. The fourth-order valence-corrected chi connectivity index (χ4v) is 4.33. The van der Waals surface area contributed by atoms with Gasteiger partial charge < -0.3 is 14.8 Å². The van der Waals surface area contributed by atoms with Gasteiger partial charge in [0.2, 0.25) is 0 Å². The molecule has 0 saturated carbocycles. The van der Waals surface area contributed by atoms with Crippen LogP contribution in [0.3, 0.4) is 0 Å². The Bertz CT molecular complexity index is 928. The number of piperazine rings is 1. The zero-order valence-electron chi connectivity index (χ0n) is 15.7. The first-order valence-corrected chi connectivity index (χ1v) is 9.48. The van der Waals surface area contributed by atoms with Crippen LogP contribution in [0.1, 0.15) is 27.2 Å². The van der Waals surface area contributed by atoms with Gasteiger partial charge in [-0.25, -0.2) is 9.97 Å². The molecular formula is C19H23Cl2N5OS. The smallest absolute Gasteiger partial charge is 0.266 e. The van der Waals surface area contributed by atoms with Gasteiger partial charge in [0.05, 0.1) is 5.69 Å². The molecule has 1 saturated heterocycles. The lowest BCUT2D eigenvalue weighted by atomic mass is 10.1. The Labute approximate surface area is 180 Å². The molecule has 1 aliphatic heterocycles. The third-order valence-electron chi connectivity index (χ3n) is 4.67. The van der Waals surface area contributed by atoms with E-state index in [1.54, 1.807) is 6.20 Å². The topological polar surface area (TPSA) is 63.1 Å². The number of aryl methyl sites for hydroxylation is 2. The quantitative estimate of drug-likeness (QED) is 0.678. The summed E-state index contributed by atoms with van der Waals surface area (Å²) < 4.78 is 1.98. The van der Waals surface area contributed by atoms with Gasteiger partial charge in [0.15, 0.2) is 0 Å². The summed E-state index contributed by atoms with van der Waals surface area (Å²) in [7, 11) is 1.96. The number of nitrogens with zero attached hydrogens (tertiary/aromatic N) is 4. The lowest BCUT2D eigenvalue weighted by Gasteiger charge is -2.35. The van der Waals surface area contributed by atoms with Gasteiger partial charge in [0.25, 0.3) is 5.91 Å². The van der Waals surface area contributed by atoms with Gasteiger partial charge in [-0.05, 0) is 6.92 Å². The van der Waals surface area contributed by atoms with Crippen LogP contribution in [0.15, 0.2) is 42.7 Å². The van der Waals surface area contributed by atoms with E-state index in [4.69, 9.17) is 0 Å². The Morgan fingerprint density at radius 1 is 1.25 bits per heavy atom. The van der Waals surface area contributed by atoms with E-state index in [-0.39, 0.29) is 36.8 Å². The number of hydrogen-bond donors (Lipinski definition) is 1.